The van der Waals surface area contributed by atoms with Crippen molar-refractivity contribution >= 4 is 0 Å². The monoisotopic (exact) mass is 314 g/mol. The van der Waals surface area contributed by atoms with Crippen LogP contribution < -0.4 is 0 Å². The van der Waals surface area contributed by atoms with Crippen molar-refractivity contribution in [3.63, 3.8) is 0 Å². The number of hydrogen-bond acceptors (Lipinski definition) is 6. The molecule has 4 heterocycles. The zero-order valence-electron chi connectivity index (χ0n) is 12.8. The third-order valence-electron chi connectivity index (χ3n) is 2.95. The van der Waals surface area contributed by atoms with E-state index in [9.17, 15) is 0 Å². The molecule has 0 bridgehead atoms. The summed E-state index contributed by atoms with van der Waals surface area (Å²) >= 11 is 0. The molecule has 0 aliphatic carbocycles. The molecule has 0 atom stereocenters. The predicted molar refractivity (Wildman–Crippen MR) is 90.5 cm³/mol. The molecule has 4 aromatic heterocycles. The Bertz CT molecular complexity index is 689. The molecular weight excluding hydrogens is 300 g/mol. The number of aromatic nitrogens is 6. The first kappa shape index (κ1) is 15.4. The Hall–Kier alpha value is -3.54. The maximum atomic E-state index is 4.19. The summed E-state index contributed by atoms with van der Waals surface area (Å²) in [5.41, 5.74) is 2.52. The fourth-order valence-corrected chi connectivity index (χ4v) is 1.87. The van der Waals surface area contributed by atoms with Gasteiger partial charge in [0, 0.05) is 37.2 Å². The van der Waals surface area contributed by atoms with Crippen molar-refractivity contribution in [2.75, 3.05) is 0 Å². The van der Waals surface area contributed by atoms with Gasteiger partial charge in [0.2, 0.25) is 0 Å². The number of rotatable bonds is 2. The van der Waals surface area contributed by atoms with E-state index < -0.39 is 0 Å². The van der Waals surface area contributed by atoms with Gasteiger partial charge in [0.15, 0.2) is 5.82 Å². The maximum Gasteiger partial charge on any atom is 0.179 e. The van der Waals surface area contributed by atoms with Crippen molar-refractivity contribution in [2.24, 2.45) is 0 Å². The van der Waals surface area contributed by atoms with Gasteiger partial charge in [-0.3, -0.25) is 15.0 Å². The molecule has 0 aliphatic heterocycles. The average Bonchev–Trinajstić information content (AvgIpc) is 2.71. The fourth-order valence-electron chi connectivity index (χ4n) is 1.87. The van der Waals surface area contributed by atoms with Crippen LogP contribution in [0.2, 0.25) is 0 Å². The number of pyridine rings is 2. The van der Waals surface area contributed by atoms with Crippen LogP contribution in [0.5, 0.6) is 0 Å². The van der Waals surface area contributed by atoms with Crippen molar-refractivity contribution in [2.45, 2.75) is 0 Å². The Morgan fingerprint density at radius 1 is 0.458 bits per heavy atom. The molecule has 24 heavy (non-hydrogen) atoms. The second-order valence-corrected chi connectivity index (χ2v) is 4.59. The van der Waals surface area contributed by atoms with Gasteiger partial charge in [0.1, 0.15) is 5.69 Å². The Morgan fingerprint density at radius 3 is 1.54 bits per heavy atom. The van der Waals surface area contributed by atoms with Crippen molar-refractivity contribution < 1.29 is 0 Å². The standard InChI is InChI=1S/C10H8N2.C8H6N4/c1-3-7-11-9(5-1)10-6-2-4-8-12-10;1-2-11-8(12-3-1)7-6-9-4-5-10-7/h1-8H;1-6H. The van der Waals surface area contributed by atoms with Gasteiger partial charge in [-0.25, -0.2) is 15.0 Å². The van der Waals surface area contributed by atoms with Crippen LogP contribution >= 0.6 is 0 Å². The topological polar surface area (TPSA) is 77.3 Å². The lowest BCUT2D eigenvalue weighted by molar-refractivity contribution is 1.11. The highest BCUT2D eigenvalue weighted by Crippen LogP contribution is 2.10. The van der Waals surface area contributed by atoms with Gasteiger partial charge in [-0.1, -0.05) is 12.1 Å². The molecule has 4 rings (SSSR count). The quantitative estimate of drug-likeness (QED) is 0.566. The minimum atomic E-state index is 0.602. The minimum Gasteiger partial charge on any atom is -0.261 e. The van der Waals surface area contributed by atoms with Gasteiger partial charge in [0.05, 0.1) is 17.6 Å². The molecular formula is C18H14N6. The van der Waals surface area contributed by atoms with E-state index in [0.29, 0.717) is 11.5 Å². The molecule has 0 saturated heterocycles. The smallest absolute Gasteiger partial charge is 0.179 e. The summed E-state index contributed by atoms with van der Waals surface area (Å²) in [6, 6.07) is 13.4. The highest BCUT2D eigenvalue weighted by Gasteiger charge is 1.98. The molecule has 0 spiro atoms. The van der Waals surface area contributed by atoms with E-state index >= 15 is 0 Å². The van der Waals surface area contributed by atoms with E-state index in [2.05, 4.69) is 29.9 Å². The third kappa shape index (κ3) is 4.23. The zero-order chi connectivity index (χ0) is 16.5. The molecule has 0 aromatic carbocycles. The SMILES string of the molecule is c1ccc(-c2ccccn2)nc1.c1cnc(-c2cnccn2)nc1. The Labute approximate surface area is 139 Å². The lowest BCUT2D eigenvalue weighted by Gasteiger charge is -1.96. The molecule has 6 heteroatoms. The summed E-state index contributed by atoms with van der Waals surface area (Å²) in [4.78, 5) is 24.4. The summed E-state index contributed by atoms with van der Waals surface area (Å²) in [6.07, 6.45) is 11.8. The first-order valence-electron chi connectivity index (χ1n) is 7.29. The molecule has 0 amide bonds. The van der Waals surface area contributed by atoms with E-state index in [1.165, 1.54) is 0 Å². The second kappa shape index (κ2) is 8.19. The molecule has 4 aromatic rings. The molecule has 0 N–H and O–H groups in total. The van der Waals surface area contributed by atoms with Crippen molar-refractivity contribution in [3.8, 4) is 22.9 Å². The highest BCUT2D eigenvalue weighted by molar-refractivity contribution is 5.52. The minimum absolute atomic E-state index is 0.602. The summed E-state index contributed by atoms with van der Waals surface area (Å²) < 4.78 is 0. The van der Waals surface area contributed by atoms with Crippen molar-refractivity contribution in [1.29, 1.82) is 0 Å². The molecule has 0 radical (unpaired) electrons. The first-order chi connectivity index (χ1) is 11.9. The predicted octanol–water partition coefficient (Wildman–Crippen LogP) is 3.08. The lowest BCUT2D eigenvalue weighted by Crippen LogP contribution is -1.89. The van der Waals surface area contributed by atoms with Crippen LogP contribution in [0.3, 0.4) is 0 Å². The zero-order valence-corrected chi connectivity index (χ0v) is 12.8. The van der Waals surface area contributed by atoms with Crippen LogP contribution in [0.4, 0.5) is 0 Å². The van der Waals surface area contributed by atoms with Gasteiger partial charge in [0.25, 0.3) is 0 Å². The summed E-state index contributed by atoms with van der Waals surface area (Å²) in [6.45, 7) is 0. The van der Waals surface area contributed by atoms with E-state index in [4.69, 9.17) is 0 Å². The normalized spacial score (nSPS) is 9.67. The van der Waals surface area contributed by atoms with Crippen LogP contribution in [0.1, 0.15) is 0 Å². The summed E-state index contributed by atoms with van der Waals surface area (Å²) in [5.74, 6) is 0.602. The van der Waals surface area contributed by atoms with Crippen LogP contribution in [0.15, 0.2) is 85.8 Å². The van der Waals surface area contributed by atoms with Gasteiger partial charge in [-0.2, -0.15) is 0 Å². The molecule has 0 aliphatic rings. The molecule has 6 nitrogen and oxygen atoms in total. The molecule has 0 unspecified atom stereocenters. The fraction of sp³-hybridized carbons (Fsp3) is 0. The van der Waals surface area contributed by atoms with Crippen molar-refractivity contribution in [3.05, 3.63) is 85.8 Å². The summed E-state index contributed by atoms with van der Waals surface area (Å²) in [5, 5.41) is 0. The first-order valence-corrected chi connectivity index (χ1v) is 7.29. The van der Waals surface area contributed by atoms with E-state index in [0.717, 1.165) is 11.4 Å². The van der Waals surface area contributed by atoms with Crippen LogP contribution in [0.25, 0.3) is 22.9 Å². The Kier molecular flexibility index (Phi) is 5.24. The van der Waals surface area contributed by atoms with Gasteiger partial charge in [-0.05, 0) is 30.3 Å². The van der Waals surface area contributed by atoms with Crippen LogP contribution in [-0.4, -0.2) is 29.9 Å². The van der Waals surface area contributed by atoms with Gasteiger partial charge in [-0.15, -0.1) is 0 Å². The van der Waals surface area contributed by atoms with Crippen molar-refractivity contribution in [1.82, 2.24) is 29.9 Å². The van der Waals surface area contributed by atoms with Crippen LogP contribution in [0, 0.1) is 0 Å². The lowest BCUT2D eigenvalue weighted by atomic mass is 10.2. The van der Waals surface area contributed by atoms with Gasteiger partial charge >= 0.3 is 0 Å². The van der Waals surface area contributed by atoms with Crippen LogP contribution in [-0.2, 0) is 0 Å². The summed E-state index contributed by atoms with van der Waals surface area (Å²) in [7, 11) is 0. The molecule has 0 saturated carbocycles. The molecule has 0 fully saturated rings. The Balaban J connectivity index is 0.000000141. The highest BCUT2D eigenvalue weighted by atomic mass is 14.9. The largest absolute Gasteiger partial charge is 0.261 e. The second-order valence-electron chi connectivity index (χ2n) is 4.59. The van der Waals surface area contributed by atoms with E-state index in [1.807, 2.05) is 36.4 Å². The maximum absolute atomic E-state index is 4.19. The molecule has 116 valence electrons. The number of nitrogens with zero attached hydrogens (tertiary/aromatic N) is 6. The average molecular weight is 314 g/mol. The number of hydrogen-bond donors (Lipinski definition) is 0. The third-order valence-corrected chi connectivity index (χ3v) is 2.95. The Morgan fingerprint density at radius 2 is 1.04 bits per heavy atom. The van der Waals surface area contributed by atoms with E-state index in [1.54, 1.807) is 49.4 Å². The van der Waals surface area contributed by atoms with E-state index in [-0.39, 0.29) is 0 Å². The van der Waals surface area contributed by atoms with Gasteiger partial charge < -0.3 is 0 Å².